The third-order valence-electron chi connectivity index (χ3n) is 11.8. The molecule has 0 amide bonds. The van der Waals surface area contributed by atoms with E-state index in [1.807, 2.05) is 34.1 Å². The van der Waals surface area contributed by atoms with Crippen LogP contribution in [0.25, 0.3) is 0 Å². The van der Waals surface area contributed by atoms with Gasteiger partial charge in [-0.3, -0.25) is 19.4 Å². The molecular formula is C42H56N4O8. The zero-order valence-corrected chi connectivity index (χ0v) is 32.1. The van der Waals surface area contributed by atoms with Crippen molar-refractivity contribution in [3.8, 4) is 23.5 Å². The van der Waals surface area contributed by atoms with E-state index in [1.165, 1.54) is 11.1 Å². The predicted octanol–water partition coefficient (Wildman–Crippen LogP) is 6.55. The van der Waals surface area contributed by atoms with Gasteiger partial charge in [0.25, 0.3) is 0 Å². The van der Waals surface area contributed by atoms with Crippen LogP contribution in [0.5, 0.6) is 23.5 Å². The molecule has 2 saturated heterocycles. The minimum Gasteiger partial charge on any atom is -0.481 e. The molecule has 0 bridgehead atoms. The second-order valence-electron chi connectivity index (χ2n) is 15.1. The molecule has 0 radical (unpaired) electrons. The highest BCUT2D eigenvalue weighted by atomic mass is 16.5. The number of likely N-dealkylation sites (tertiary alicyclic amines) is 2. The van der Waals surface area contributed by atoms with Gasteiger partial charge in [0.15, 0.2) is 0 Å². The lowest BCUT2D eigenvalue weighted by Gasteiger charge is -2.35. The average Bonchev–Trinajstić information content (AvgIpc) is 3.18. The van der Waals surface area contributed by atoms with Gasteiger partial charge in [0.05, 0.1) is 27.4 Å². The number of aromatic nitrogens is 2. The zero-order valence-electron chi connectivity index (χ0n) is 32.1. The number of carboxylic acids is 2. The Morgan fingerprint density at radius 1 is 0.741 bits per heavy atom. The minimum absolute atomic E-state index is 0.151. The SMILES string of the molecule is COc1nc(OCC2C=CC=C(C3=CCCC(COc4ccc(CN5CCCCC5C(=O)O)c(OC)n4)C3C)C2C)ccc1CN1CCCCC1C(=O)O. The molecule has 0 spiro atoms. The van der Waals surface area contributed by atoms with E-state index in [9.17, 15) is 19.8 Å². The number of rotatable bonds is 15. The fraction of sp³-hybridized carbons (Fsp3) is 0.571. The highest BCUT2D eigenvalue weighted by Gasteiger charge is 2.33. The van der Waals surface area contributed by atoms with Gasteiger partial charge in [-0.25, -0.2) is 0 Å². The summed E-state index contributed by atoms with van der Waals surface area (Å²) in [7, 11) is 3.17. The summed E-state index contributed by atoms with van der Waals surface area (Å²) in [6.45, 7) is 7.95. The summed E-state index contributed by atoms with van der Waals surface area (Å²) in [6, 6.07) is 6.62. The summed E-state index contributed by atoms with van der Waals surface area (Å²) in [5, 5.41) is 19.4. The van der Waals surface area contributed by atoms with Gasteiger partial charge in [0, 0.05) is 42.3 Å². The van der Waals surface area contributed by atoms with Crippen LogP contribution in [0.15, 0.2) is 59.7 Å². The lowest BCUT2D eigenvalue weighted by atomic mass is 9.71. The van der Waals surface area contributed by atoms with Crippen molar-refractivity contribution >= 4 is 11.9 Å². The summed E-state index contributed by atoms with van der Waals surface area (Å²) < 4.78 is 23.8. The maximum Gasteiger partial charge on any atom is 0.320 e. The van der Waals surface area contributed by atoms with Gasteiger partial charge in [-0.05, 0) is 92.6 Å². The number of hydrogen-bond acceptors (Lipinski definition) is 10. The lowest BCUT2D eigenvalue weighted by molar-refractivity contribution is -0.145. The van der Waals surface area contributed by atoms with Crippen LogP contribution in [0.3, 0.4) is 0 Å². The number of allylic oxidation sites excluding steroid dienone is 5. The number of aliphatic carboxylic acids is 2. The number of pyridine rings is 2. The molecule has 6 rings (SSSR count). The molecule has 292 valence electrons. The maximum absolute atomic E-state index is 11.8. The summed E-state index contributed by atoms with van der Waals surface area (Å²) in [4.78, 5) is 36.9. The van der Waals surface area contributed by atoms with Crippen molar-refractivity contribution in [2.24, 2.45) is 23.7 Å². The second kappa shape index (κ2) is 18.3. The smallest absolute Gasteiger partial charge is 0.320 e. The summed E-state index contributed by atoms with van der Waals surface area (Å²) in [5.74, 6) is 1.33. The Labute approximate surface area is 318 Å². The van der Waals surface area contributed by atoms with Gasteiger partial charge in [-0.15, -0.1) is 0 Å². The van der Waals surface area contributed by atoms with Crippen LogP contribution < -0.4 is 18.9 Å². The number of carbonyl (C=O) groups is 2. The molecule has 6 unspecified atom stereocenters. The molecule has 2 aliphatic carbocycles. The van der Waals surface area contributed by atoms with E-state index in [2.05, 4.69) is 48.1 Å². The number of carboxylic acid groups (broad SMARTS) is 2. The molecule has 2 aromatic rings. The lowest BCUT2D eigenvalue weighted by Crippen LogP contribution is -2.44. The Morgan fingerprint density at radius 2 is 1.30 bits per heavy atom. The number of hydrogen-bond donors (Lipinski definition) is 2. The van der Waals surface area contributed by atoms with E-state index >= 15 is 0 Å². The quantitative estimate of drug-likeness (QED) is 0.204. The van der Waals surface area contributed by atoms with Gasteiger partial charge in [0.1, 0.15) is 12.1 Å². The van der Waals surface area contributed by atoms with Gasteiger partial charge < -0.3 is 29.2 Å². The summed E-state index contributed by atoms with van der Waals surface area (Å²) in [6.07, 6.45) is 16.1. The van der Waals surface area contributed by atoms with Crippen molar-refractivity contribution in [3.05, 3.63) is 70.8 Å². The molecule has 6 atom stereocenters. The van der Waals surface area contributed by atoms with Gasteiger partial charge in [-0.1, -0.05) is 51.0 Å². The molecule has 4 heterocycles. The Morgan fingerprint density at radius 3 is 1.83 bits per heavy atom. The van der Waals surface area contributed by atoms with E-state index < -0.39 is 24.0 Å². The monoisotopic (exact) mass is 744 g/mol. The van der Waals surface area contributed by atoms with Gasteiger partial charge in [0.2, 0.25) is 23.5 Å². The predicted molar refractivity (Wildman–Crippen MR) is 204 cm³/mol. The van der Waals surface area contributed by atoms with Gasteiger partial charge in [-0.2, -0.15) is 9.97 Å². The molecule has 2 fully saturated rings. The van der Waals surface area contributed by atoms with E-state index in [4.69, 9.17) is 18.9 Å². The van der Waals surface area contributed by atoms with Crippen molar-refractivity contribution in [3.63, 3.8) is 0 Å². The summed E-state index contributed by atoms with van der Waals surface area (Å²) >= 11 is 0. The van der Waals surface area contributed by atoms with Crippen LogP contribution in [-0.4, -0.2) is 94.5 Å². The van der Waals surface area contributed by atoms with E-state index in [1.54, 1.807) is 14.2 Å². The number of methoxy groups -OCH3 is 2. The van der Waals surface area contributed by atoms with Crippen LogP contribution >= 0.6 is 0 Å². The summed E-state index contributed by atoms with van der Waals surface area (Å²) in [5.41, 5.74) is 4.38. The zero-order chi connectivity index (χ0) is 38.2. The first-order valence-electron chi connectivity index (χ1n) is 19.5. The standard InChI is InChI=1S/C42H56N4O8/c1-27-31(25-53-37-19-17-29(39(43-37)51-3)23-45-21-7-5-15-35(45)41(47)48)11-9-13-33(27)34-14-10-12-32(28(34)2)26-54-38-20-18-30(40(44-38)52-4)24-46-22-8-6-16-36(46)42(49)50/h9,11,13-14,17-20,27-28,31-32,35-36H,5-8,10,12,15-16,21-26H2,1-4H3,(H,47,48)(H,49,50). The molecule has 2 aliphatic heterocycles. The number of ether oxygens (including phenoxy) is 4. The van der Waals surface area contributed by atoms with Crippen molar-refractivity contribution in [1.29, 1.82) is 0 Å². The second-order valence-corrected chi connectivity index (χ2v) is 15.1. The Hall–Kier alpha value is -4.42. The van der Waals surface area contributed by atoms with E-state index in [0.29, 0.717) is 68.6 Å². The normalized spacial score (nSPS) is 26.4. The van der Waals surface area contributed by atoms with Crippen LogP contribution in [-0.2, 0) is 22.7 Å². The van der Waals surface area contributed by atoms with Crippen LogP contribution in [0.4, 0.5) is 0 Å². The van der Waals surface area contributed by atoms with Crippen LogP contribution in [0, 0.1) is 23.7 Å². The van der Waals surface area contributed by atoms with Crippen LogP contribution in [0.1, 0.15) is 76.3 Å². The fourth-order valence-electron chi connectivity index (χ4n) is 8.55. The maximum atomic E-state index is 11.8. The average molecular weight is 745 g/mol. The van der Waals surface area contributed by atoms with Gasteiger partial charge >= 0.3 is 11.9 Å². The number of piperidine rings is 2. The topological polar surface area (TPSA) is 144 Å². The molecule has 54 heavy (non-hydrogen) atoms. The van der Waals surface area contributed by atoms with E-state index in [0.717, 1.165) is 62.7 Å². The van der Waals surface area contributed by atoms with Crippen molar-refractivity contribution in [1.82, 2.24) is 19.8 Å². The highest BCUT2D eigenvalue weighted by molar-refractivity contribution is 5.74. The highest BCUT2D eigenvalue weighted by Crippen LogP contribution is 2.41. The molecule has 12 heteroatoms. The number of nitrogens with zero attached hydrogens (tertiary/aromatic N) is 4. The van der Waals surface area contributed by atoms with E-state index in [-0.39, 0.29) is 17.8 Å². The molecular weight excluding hydrogens is 688 g/mol. The van der Waals surface area contributed by atoms with Crippen molar-refractivity contribution in [2.75, 3.05) is 40.5 Å². The molecule has 2 N–H and O–H groups in total. The molecule has 4 aliphatic rings. The first-order chi connectivity index (χ1) is 26.2. The molecule has 12 nitrogen and oxygen atoms in total. The Balaban J connectivity index is 1.03. The minimum atomic E-state index is -0.782. The van der Waals surface area contributed by atoms with Crippen molar-refractivity contribution < 1.29 is 38.7 Å². The molecule has 2 aromatic heterocycles. The largest absolute Gasteiger partial charge is 0.481 e. The fourth-order valence-corrected chi connectivity index (χ4v) is 8.55. The third-order valence-corrected chi connectivity index (χ3v) is 11.8. The van der Waals surface area contributed by atoms with Crippen molar-refractivity contribution in [2.45, 2.75) is 90.4 Å². The van der Waals surface area contributed by atoms with Crippen LogP contribution in [0.2, 0.25) is 0 Å². The first-order valence-corrected chi connectivity index (χ1v) is 19.5. The third kappa shape index (κ3) is 9.26. The first kappa shape index (κ1) is 39.3. The Bertz CT molecular complexity index is 1730. The Kier molecular flexibility index (Phi) is 13.3. The molecule has 0 aromatic carbocycles. The molecule has 0 saturated carbocycles.